The molecule has 1 fully saturated rings. The Bertz CT molecular complexity index is 1800. The first kappa shape index (κ1) is 32.2. The van der Waals surface area contributed by atoms with E-state index in [2.05, 4.69) is 15.5 Å². The summed E-state index contributed by atoms with van der Waals surface area (Å²) in [7, 11) is 2.85. The summed E-state index contributed by atoms with van der Waals surface area (Å²) >= 11 is 7.40. The van der Waals surface area contributed by atoms with Crippen molar-refractivity contribution in [3.8, 4) is 23.0 Å². The third kappa shape index (κ3) is 7.89. The molecule has 0 radical (unpaired) electrons. The van der Waals surface area contributed by atoms with Crippen LogP contribution in [-0.4, -0.2) is 54.0 Å². The van der Waals surface area contributed by atoms with E-state index in [1.54, 1.807) is 48.5 Å². The maximum atomic E-state index is 13.6. The van der Waals surface area contributed by atoms with E-state index in [9.17, 15) is 14.7 Å². The topological polar surface area (TPSA) is 135 Å². The molecule has 0 bridgehead atoms. The first-order valence-electron chi connectivity index (χ1n) is 13.8. The van der Waals surface area contributed by atoms with Gasteiger partial charge in [0.25, 0.3) is 11.8 Å². The van der Waals surface area contributed by atoms with Crippen LogP contribution in [0.4, 0.5) is 5.69 Å². The Morgan fingerprint density at radius 3 is 2.48 bits per heavy atom. The number of aryl methyl sites for hydroxylation is 1. The minimum Gasteiger partial charge on any atom is -0.502 e. The van der Waals surface area contributed by atoms with E-state index in [0.29, 0.717) is 43.4 Å². The number of ether oxygens (including phenoxy) is 3. The fraction of sp³-hybridized carbons (Fsp3) is 0.152. The number of carbonyl (C=O) groups is 2. The number of hydrogen-bond acceptors (Lipinski definition) is 10. The SMILES string of the molecule is COc1cc(/C=N/N=C2\S/C(=C\c3cc(Cl)ccc3OCC(=O)Nc3ccc(C)cc3)C(=O)N2Cc2ccco2)cc(OC)c1O. The van der Waals surface area contributed by atoms with E-state index in [1.165, 1.54) is 31.6 Å². The summed E-state index contributed by atoms with van der Waals surface area (Å²) in [6, 6.07) is 19.0. The molecule has 1 saturated heterocycles. The van der Waals surface area contributed by atoms with E-state index in [1.807, 2.05) is 31.2 Å². The van der Waals surface area contributed by atoms with Gasteiger partial charge in [0, 0.05) is 21.8 Å². The van der Waals surface area contributed by atoms with E-state index in [0.717, 1.165) is 17.3 Å². The Hall–Kier alpha value is -5.20. The smallest absolute Gasteiger partial charge is 0.267 e. The van der Waals surface area contributed by atoms with Crippen molar-refractivity contribution in [3.05, 3.63) is 105 Å². The van der Waals surface area contributed by atoms with Gasteiger partial charge in [0.15, 0.2) is 23.3 Å². The fourth-order valence-corrected chi connectivity index (χ4v) is 5.40. The van der Waals surface area contributed by atoms with Crippen LogP contribution in [-0.2, 0) is 16.1 Å². The molecular formula is C33H29ClN4O7S. The molecule has 0 aliphatic carbocycles. The van der Waals surface area contributed by atoms with Crippen molar-refractivity contribution in [3.63, 3.8) is 0 Å². The Morgan fingerprint density at radius 2 is 1.80 bits per heavy atom. The average Bonchev–Trinajstić information content (AvgIpc) is 3.66. The monoisotopic (exact) mass is 660 g/mol. The molecule has 1 aromatic heterocycles. The van der Waals surface area contributed by atoms with Crippen LogP contribution in [0.15, 0.2) is 92.5 Å². The number of rotatable bonds is 11. The number of carbonyl (C=O) groups excluding carboxylic acids is 2. The summed E-state index contributed by atoms with van der Waals surface area (Å²) < 4.78 is 21.7. The molecule has 1 aliphatic heterocycles. The maximum absolute atomic E-state index is 13.6. The van der Waals surface area contributed by atoms with Gasteiger partial charge in [-0.05, 0) is 79.4 Å². The first-order chi connectivity index (χ1) is 22.2. The average molecular weight is 661 g/mol. The lowest BCUT2D eigenvalue weighted by Crippen LogP contribution is -2.28. The Morgan fingerprint density at radius 1 is 1.07 bits per heavy atom. The van der Waals surface area contributed by atoms with Gasteiger partial charge >= 0.3 is 0 Å². The van der Waals surface area contributed by atoms with Gasteiger partial charge in [-0.15, -0.1) is 5.10 Å². The minimum absolute atomic E-state index is 0.115. The van der Waals surface area contributed by atoms with Crippen LogP contribution >= 0.6 is 23.4 Å². The van der Waals surface area contributed by atoms with Gasteiger partial charge in [-0.3, -0.25) is 14.5 Å². The molecule has 2 N–H and O–H groups in total. The van der Waals surface area contributed by atoms with E-state index < -0.39 is 0 Å². The van der Waals surface area contributed by atoms with Gasteiger partial charge in [-0.2, -0.15) is 5.10 Å². The molecule has 3 aromatic carbocycles. The molecule has 1 aliphatic rings. The number of thioether (sulfide) groups is 1. The van der Waals surface area contributed by atoms with Crippen molar-refractivity contribution >= 4 is 58.3 Å². The maximum Gasteiger partial charge on any atom is 0.267 e. The number of amides is 2. The zero-order valence-corrected chi connectivity index (χ0v) is 26.6. The number of furan rings is 1. The quantitative estimate of drug-likeness (QED) is 0.106. The molecule has 2 amide bonds. The lowest BCUT2D eigenvalue weighted by atomic mass is 10.2. The van der Waals surface area contributed by atoms with E-state index in [-0.39, 0.29) is 42.2 Å². The number of nitrogens with one attached hydrogen (secondary N) is 1. The lowest BCUT2D eigenvalue weighted by molar-refractivity contribution is -0.122. The summed E-state index contributed by atoms with van der Waals surface area (Å²) in [5.74, 6) is 0.496. The van der Waals surface area contributed by atoms with E-state index >= 15 is 0 Å². The van der Waals surface area contributed by atoms with Crippen molar-refractivity contribution in [1.29, 1.82) is 0 Å². The Labute approximate surface area is 274 Å². The van der Waals surface area contributed by atoms with Gasteiger partial charge in [0.2, 0.25) is 5.75 Å². The summed E-state index contributed by atoms with van der Waals surface area (Å²) in [6.07, 6.45) is 4.59. The highest BCUT2D eigenvalue weighted by Gasteiger charge is 2.34. The second-order valence-electron chi connectivity index (χ2n) is 9.87. The molecule has 236 valence electrons. The summed E-state index contributed by atoms with van der Waals surface area (Å²) in [5.41, 5.74) is 2.78. The minimum atomic E-state index is -0.343. The molecule has 13 heteroatoms. The number of hydrogen-bond donors (Lipinski definition) is 2. The third-order valence-corrected chi connectivity index (χ3v) is 7.82. The van der Waals surface area contributed by atoms with Crippen LogP contribution < -0.4 is 19.5 Å². The van der Waals surface area contributed by atoms with Gasteiger partial charge in [-0.1, -0.05) is 29.3 Å². The highest BCUT2D eigenvalue weighted by Crippen LogP contribution is 2.38. The normalized spacial score (nSPS) is 14.8. The Balaban J connectivity index is 1.39. The predicted octanol–water partition coefficient (Wildman–Crippen LogP) is 6.49. The number of anilines is 1. The second-order valence-corrected chi connectivity index (χ2v) is 11.3. The first-order valence-corrected chi connectivity index (χ1v) is 15.0. The standard InChI is InChI=1S/C33H29ClN4O7S/c1-20-6-9-24(10-7-20)36-30(39)19-45-26-11-8-23(34)15-22(26)16-29-32(41)38(18-25-5-4-12-44-25)33(46-29)37-35-17-21-13-27(42-2)31(40)28(14-21)43-3/h4-17,40H,18-19H2,1-3H3,(H,36,39)/b29-16-,35-17+,37-33-. The zero-order chi connectivity index (χ0) is 32.6. The van der Waals surface area contributed by atoms with E-state index in [4.69, 9.17) is 30.2 Å². The lowest BCUT2D eigenvalue weighted by Gasteiger charge is -2.13. The number of methoxy groups -OCH3 is 2. The van der Waals surface area contributed by atoms with Crippen molar-refractivity contribution in [2.45, 2.75) is 13.5 Å². The number of phenols is 1. The predicted molar refractivity (Wildman–Crippen MR) is 178 cm³/mol. The largest absolute Gasteiger partial charge is 0.502 e. The fourth-order valence-electron chi connectivity index (χ4n) is 4.30. The van der Waals surface area contributed by atoms with Crippen LogP contribution in [0.2, 0.25) is 5.02 Å². The van der Waals surface area contributed by atoms with Crippen molar-refractivity contribution in [1.82, 2.24) is 4.90 Å². The zero-order valence-electron chi connectivity index (χ0n) is 25.0. The molecule has 5 rings (SSSR count). The molecule has 46 heavy (non-hydrogen) atoms. The molecule has 0 spiro atoms. The number of halogens is 1. The highest BCUT2D eigenvalue weighted by molar-refractivity contribution is 8.18. The van der Waals surface area contributed by atoms with Crippen LogP contribution in [0.1, 0.15) is 22.5 Å². The molecule has 2 heterocycles. The van der Waals surface area contributed by atoms with Gasteiger partial charge in [-0.25, -0.2) is 0 Å². The van der Waals surface area contributed by atoms with Gasteiger partial charge in [0.05, 0.1) is 38.1 Å². The van der Waals surface area contributed by atoms with Gasteiger partial charge < -0.3 is 29.1 Å². The summed E-state index contributed by atoms with van der Waals surface area (Å²) in [4.78, 5) is 28.0. The molecule has 0 unspecified atom stereocenters. The molecule has 4 aromatic rings. The van der Waals surface area contributed by atoms with Crippen molar-refractivity contribution in [2.24, 2.45) is 10.2 Å². The molecule has 0 atom stereocenters. The van der Waals surface area contributed by atoms with Crippen LogP contribution in [0.3, 0.4) is 0 Å². The number of benzene rings is 3. The van der Waals surface area contributed by atoms with Gasteiger partial charge in [0.1, 0.15) is 11.5 Å². The molecule has 11 nitrogen and oxygen atoms in total. The third-order valence-electron chi connectivity index (χ3n) is 6.59. The summed E-state index contributed by atoms with van der Waals surface area (Å²) in [5, 5.41) is 22.2. The summed E-state index contributed by atoms with van der Waals surface area (Å²) in [6.45, 7) is 1.82. The Kier molecular flexibility index (Phi) is 10.3. The number of amidine groups is 1. The molecular weight excluding hydrogens is 632 g/mol. The second kappa shape index (κ2) is 14.7. The van der Waals surface area contributed by atoms with Crippen molar-refractivity contribution < 1.29 is 33.3 Å². The number of phenolic OH excluding ortho intramolecular Hbond substituents is 1. The van der Waals surface area contributed by atoms with Crippen LogP contribution in [0, 0.1) is 6.92 Å². The number of nitrogens with zero attached hydrogens (tertiary/aromatic N) is 3. The van der Waals surface area contributed by atoms with Crippen LogP contribution in [0.5, 0.6) is 23.0 Å². The number of aromatic hydroxyl groups is 1. The highest BCUT2D eigenvalue weighted by atomic mass is 35.5. The van der Waals surface area contributed by atoms with Crippen LogP contribution in [0.25, 0.3) is 6.08 Å². The molecule has 0 saturated carbocycles. The van der Waals surface area contributed by atoms with Crippen molar-refractivity contribution in [2.75, 3.05) is 26.1 Å².